The van der Waals surface area contributed by atoms with Crippen LogP contribution in [0.4, 0.5) is 0 Å². The topological polar surface area (TPSA) is 89.7 Å². The van der Waals surface area contributed by atoms with Crippen LogP contribution in [0.1, 0.15) is 24.7 Å². The van der Waals surface area contributed by atoms with E-state index < -0.39 is 0 Å². The molecule has 0 unspecified atom stereocenters. The van der Waals surface area contributed by atoms with Gasteiger partial charge < -0.3 is 14.3 Å². The molecule has 156 valence electrons. The van der Waals surface area contributed by atoms with Gasteiger partial charge in [-0.15, -0.1) is 0 Å². The fourth-order valence-electron chi connectivity index (χ4n) is 4.19. The third-order valence-electron chi connectivity index (χ3n) is 5.83. The quantitative estimate of drug-likeness (QED) is 0.529. The smallest absolute Gasteiger partial charge is 0.245 e. The van der Waals surface area contributed by atoms with Gasteiger partial charge in [0.05, 0.1) is 11.8 Å². The van der Waals surface area contributed by atoms with E-state index in [4.69, 9.17) is 9.72 Å². The van der Waals surface area contributed by atoms with E-state index in [1.807, 2.05) is 34.8 Å². The number of ether oxygens (including phenoxy) is 1. The average molecular weight is 406 g/mol. The number of aromatic nitrogens is 7. The van der Waals surface area contributed by atoms with Crippen LogP contribution in [0.2, 0.25) is 0 Å². The minimum Gasteiger partial charge on any atom is -0.471 e. The summed E-state index contributed by atoms with van der Waals surface area (Å²) in [5.41, 5.74) is 4.77. The van der Waals surface area contributed by atoms with Gasteiger partial charge in [-0.05, 0) is 32.4 Å². The molecule has 0 radical (unpaired) electrons. The maximum absolute atomic E-state index is 6.30. The molecular formula is C21H26N8O. The fourth-order valence-corrected chi connectivity index (χ4v) is 4.19. The molecule has 1 fully saturated rings. The molecule has 0 amide bonds. The number of hydrogen-bond donors (Lipinski definition) is 1. The van der Waals surface area contributed by atoms with Crippen molar-refractivity contribution in [1.29, 1.82) is 0 Å². The summed E-state index contributed by atoms with van der Waals surface area (Å²) in [6, 6.07) is 4.14. The van der Waals surface area contributed by atoms with E-state index in [-0.39, 0.29) is 6.10 Å². The summed E-state index contributed by atoms with van der Waals surface area (Å²) in [6.45, 7) is 7.74. The Morgan fingerprint density at radius 3 is 2.97 bits per heavy atom. The average Bonchev–Trinajstić information content (AvgIpc) is 3.52. The zero-order chi connectivity index (χ0) is 20.7. The summed E-state index contributed by atoms with van der Waals surface area (Å²) >= 11 is 0. The molecule has 4 aromatic rings. The molecule has 9 heteroatoms. The maximum Gasteiger partial charge on any atom is 0.245 e. The first-order valence-electron chi connectivity index (χ1n) is 10.4. The van der Waals surface area contributed by atoms with E-state index in [0.29, 0.717) is 11.4 Å². The van der Waals surface area contributed by atoms with Crippen LogP contribution in [0.25, 0.3) is 22.6 Å². The van der Waals surface area contributed by atoms with Crippen molar-refractivity contribution < 1.29 is 4.74 Å². The molecule has 4 aromatic heterocycles. The predicted molar refractivity (Wildman–Crippen MR) is 113 cm³/mol. The minimum atomic E-state index is 0.0908. The summed E-state index contributed by atoms with van der Waals surface area (Å²) in [6.07, 6.45) is 6.43. The molecule has 5 heterocycles. The van der Waals surface area contributed by atoms with Gasteiger partial charge in [-0.3, -0.25) is 9.58 Å². The Bertz CT molecular complexity index is 1160. The molecular weight excluding hydrogens is 380 g/mol. The van der Waals surface area contributed by atoms with Gasteiger partial charge in [0, 0.05) is 50.8 Å². The highest BCUT2D eigenvalue weighted by Gasteiger charge is 2.26. The fraction of sp³-hybridized carbons (Fsp3) is 0.429. The van der Waals surface area contributed by atoms with Crippen molar-refractivity contribution in [3.63, 3.8) is 0 Å². The predicted octanol–water partition coefficient (Wildman–Crippen LogP) is 2.54. The van der Waals surface area contributed by atoms with Crippen LogP contribution < -0.4 is 4.74 Å². The second-order valence-corrected chi connectivity index (χ2v) is 7.76. The maximum atomic E-state index is 6.30. The van der Waals surface area contributed by atoms with Crippen LogP contribution >= 0.6 is 0 Å². The molecule has 1 saturated heterocycles. The number of fused-ring (bicyclic) bond motifs is 1. The number of hydrogen-bond acceptors (Lipinski definition) is 6. The van der Waals surface area contributed by atoms with E-state index in [2.05, 4.69) is 44.9 Å². The Balaban J connectivity index is 1.40. The molecule has 0 aliphatic carbocycles. The lowest BCUT2D eigenvalue weighted by molar-refractivity contribution is 0.193. The Kier molecular flexibility index (Phi) is 4.74. The Hall–Kier alpha value is -3.20. The van der Waals surface area contributed by atoms with Gasteiger partial charge in [-0.1, -0.05) is 0 Å². The zero-order valence-electron chi connectivity index (χ0n) is 17.5. The summed E-state index contributed by atoms with van der Waals surface area (Å²) in [4.78, 5) is 19.4. The molecule has 0 aromatic carbocycles. The Morgan fingerprint density at radius 2 is 2.20 bits per heavy atom. The molecule has 30 heavy (non-hydrogen) atoms. The highest BCUT2D eigenvalue weighted by molar-refractivity contribution is 5.81. The SMILES string of the molecule is CCn1ncc(-c2nc3c(O[C@H]4CCN(Cc5ccc[nH]5)C4)ncnc3n2C)c1C. The van der Waals surface area contributed by atoms with E-state index in [1.165, 1.54) is 5.69 Å². The highest BCUT2D eigenvalue weighted by Crippen LogP contribution is 2.30. The molecule has 0 saturated carbocycles. The number of rotatable bonds is 6. The van der Waals surface area contributed by atoms with Crippen molar-refractivity contribution in [1.82, 2.24) is 39.2 Å². The monoisotopic (exact) mass is 406 g/mol. The lowest BCUT2D eigenvalue weighted by atomic mass is 10.2. The molecule has 1 aliphatic heterocycles. The lowest BCUT2D eigenvalue weighted by Crippen LogP contribution is -2.25. The van der Waals surface area contributed by atoms with Gasteiger partial charge >= 0.3 is 0 Å². The molecule has 0 bridgehead atoms. The van der Waals surface area contributed by atoms with Crippen LogP contribution in [0.3, 0.4) is 0 Å². The number of nitrogens with zero attached hydrogens (tertiary/aromatic N) is 7. The number of aryl methyl sites for hydroxylation is 2. The number of aromatic amines is 1. The van der Waals surface area contributed by atoms with Gasteiger partial charge in [0.15, 0.2) is 11.2 Å². The van der Waals surface area contributed by atoms with Crippen molar-refractivity contribution in [2.24, 2.45) is 7.05 Å². The van der Waals surface area contributed by atoms with Crippen molar-refractivity contribution >= 4 is 11.2 Å². The van der Waals surface area contributed by atoms with Crippen molar-refractivity contribution in [2.75, 3.05) is 13.1 Å². The highest BCUT2D eigenvalue weighted by atomic mass is 16.5. The summed E-state index contributed by atoms with van der Waals surface area (Å²) in [5.74, 6) is 1.38. The number of H-pyrrole nitrogens is 1. The molecule has 0 spiro atoms. The summed E-state index contributed by atoms with van der Waals surface area (Å²) in [5, 5.41) is 4.45. The third kappa shape index (κ3) is 3.24. The van der Waals surface area contributed by atoms with Gasteiger partial charge in [-0.25, -0.2) is 9.97 Å². The van der Waals surface area contributed by atoms with Crippen molar-refractivity contribution in [2.45, 2.75) is 39.5 Å². The second-order valence-electron chi connectivity index (χ2n) is 7.76. The van der Waals surface area contributed by atoms with E-state index in [1.54, 1.807) is 6.33 Å². The normalized spacial score (nSPS) is 17.2. The first-order valence-corrected chi connectivity index (χ1v) is 10.4. The molecule has 5 rings (SSSR count). The Morgan fingerprint density at radius 1 is 1.30 bits per heavy atom. The van der Waals surface area contributed by atoms with Crippen LogP contribution in [0.15, 0.2) is 30.9 Å². The molecule has 1 aliphatic rings. The molecule has 9 nitrogen and oxygen atoms in total. The number of imidazole rings is 1. The first kappa shape index (κ1) is 18.8. The van der Waals surface area contributed by atoms with E-state index in [9.17, 15) is 0 Å². The van der Waals surface area contributed by atoms with Gasteiger partial charge in [-0.2, -0.15) is 10.1 Å². The van der Waals surface area contributed by atoms with Gasteiger partial charge in [0.25, 0.3) is 0 Å². The Labute approximate surface area is 174 Å². The van der Waals surface area contributed by atoms with Crippen LogP contribution in [-0.4, -0.2) is 58.4 Å². The van der Waals surface area contributed by atoms with Crippen molar-refractivity contribution in [3.05, 3.63) is 42.2 Å². The first-order chi connectivity index (χ1) is 14.6. The second kappa shape index (κ2) is 7.56. The largest absolute Gasteiger partial charge is 0.471 e. The van der Waals surface area contributed by atoms with Crippen molar-refractivity contribution in [3.8, 4) is 17.3 Å². The molecule has 1 N–H and O–H groups in total. The van der Waals surface area contributed by atoms with Gasteiger partial charge in [0.2, 0.25) is 5.88 Å². The number of nitrogens with one attached hydrogen (secondary N) is 1. The summed E-state index contributed by atoms with van der Waals surface area (Å²) < 4.78 is 10.3. The van der Waals surface area contributed by atoms with Crippen LogP contribution in [-0.2, 0) is 20.1 Å². The van der Waals surface area contributed by atoms with E-state index >= 15 is 0 Å². The molecule has 1 atom stereocenters. The standard InChI is InChI=1S/C21H26N8O/c1-4-29-14(2)17(10-25-29)19-26-18-20(27(19)3)23-13-24-21(18)30-16-7-9-28(12-16)11-15-6-5-8-22-15/h5-6,8,10,13,16,22H,4,7,9,11-12H2,1-3H3/t16-/m0/s1. The van der Waals surface area contributed by atoms with E-state index in [0.717, 1.165) is 55.3 Å². The van der Waals surface area contributed by atoms with Gasteiger partial charge in [0.1, 0.15) is 18.3 Å². The minimum absolute atomic E-state index is 0.0908. The lowest BCUT2D eigenvalue weighted by Gasteiger charge is -2.15. The summed E-state index contributed by atoms with van der Waals surface area (Å²) in [7, 11) is 1.97. The van der Waals surface area contributed by atoms with Crippen LogP contribution in [0.5, 0.6) is 5.88 Å². The third-order valence-corrected chi connectivity index (χ3v) is 5.83. The number of likely N-dealkylation sites (tertiary alicyclic amines) is 1. The zero-order valence-corrected chi connectivity index (χ0v) is 17.5. The van der Waals surface area contributed by atoms with Crippen LogP contribution in [0, 0.1) is 6.92 Å².